The summed E-state index contributed by atoms with van der Waals surface area (Å²) in [6.07, 6.45) is 6.86. The predicted octanol–water partition coefficient (Wildman–Crippen LogP) is 3.82. The van der Waals surface area contributed by atoms with Gasteiger partial charge in [0.05, 0.1) is 4.92 Å². The second-order valence-corrected chi connectivity index (χ2v) is 7.36. The number of hydrogen-bond donors (Lipinski definition) is 1. The van der Waals surface area contributed by atoms with Gasteiger partial charge in [0.15, 0.2) is 0 Å². The largest absolute Gasteiger partial charge is 0.384 e. The van der Waals surface area contributed by atoms with Gasteiger partial charge in [0.25, 0.3) is 11.6 Å². The number of rotatable bonds is 5. The molecule has 0 atom stereocenters. The van der Waals surface area contributed by atoms with Crippen LogP contribution in [0.15, 0.2) is 18.2 Å². The normalized spacial score (nSPS) is 19.5. The van der Waals surface area contributed by atoms with Crippen LogP contribution in [0.2, 0.25) is 0 Å². The fraction of sp³-hybridized carbons (Fsp3) is 0.611. The highest BCUT2D eigenvalue weighted by atomic mass is 16.6. The zero-order chi connectivity index (χ0) is 17.2. The van der Waals surface area contributed by atoms with Crippen molar-refractivity contribution in [3.05, 3.63) is 33.9 Å². The fourth-order valence-electron chi connectivity index (χ4n) is 3.79. The lowest BCUT2D eigenvalue weighted by Crippen LogP contribution is -2.28. The second kappa shape index (κ2) is 6.79. The van der Waals surface area contributed by atoms with Crippen LogP contribution < -0.4 is 5.32 Å². The molecule has 3 rings (SSSR count). The summed E-state index contributed by atoms with van der Waals surface area (Å²) in [6.45, 7) is 4.48. The molecule has 1 aromatic carbocycles. The number of hydrogen-bond acceptors (Lipinski definition) is 4. The Kier molecular flexibility index (Phi) is 4.73. The van der Waals surface area contributed by atoms with E-state index in [2.05, 4.69) is 12.2 Å². The minimum Gasteiger partial charge on any atom is -0.384 e. The van der Waals surface area contributed by atoms with Crippen LogP contribution in [-0.4, -0.2) is 35.4 Å². The third kappa shape index (κ3) is 3.52. The molecule has 24 heavy (non-hydrogen) atoms. The lowest BCUT2D eigenvalue weighted by molar-refractivity contribution is -0.385. The maximum absolute atomic E-state index is 12.6. The number of anilines is 1. The van der Waals surface area contributed by atoms with Crippen LogP contribution in [0, 0.1) is 15.5 Å². The topological polar surface area (TPSA) is 75.5 Å². The SMILES string of the molecule is CC1(CNc2ccc([N+](=O)[O-])c(C(=O)N3CCCC3)c2)CCCC1. The van der Waals surface area contributed by atoms with Gasteiger partial charge in [-0.2, -0.15) is 0 Å². The van der Waals surface area contributed by atoms with Gasteiger partial charge in [-0.05, 0) is 43.2 Å². The molecular weight excluding hydrogens is 306 g/mol. The molecule has 1 aliphatic carbocycles. The highest BCUT2D eigenvalue weighted by molar-refractivity contribution is 5.99. The van der Waals surface area contributed by atoms with Crippen molar-refractivity contribution in [3.8, 4) is 0 Å². The summed E-state index contributed by atoms with van der Waals surface area (Å²) in [6, 6.07) is 4.80. The Morgan fingerprint density at radius 3 is 2.54 bits per heavy atom. The fourth-order valence-corrected chi connectivity index (χ4v) is 3.79. The number of benzene rings is 1. The molecule has 1 amide bonds. The molecule has 0 spiro atoms. The van der Waals surface area contributed by atoms with Crippen LogP contribution >= 0.6 is 0 Å². The number of nitro benzene ring substituents is 1. The summed E-state index contributed by atoms with van der Waals surface area (Å²) in [5, 5.41) is 14.7. The van der Waals surface area contributed by atoms with Crippen LogP contribution in [-0.2, 0) is 0 Å². The summed E-state index contributed by atoms with van der Waals surface area (Å²) >= 11 is 0. The monoisotopic (exact) mass is 331 g/mol. The quantitative estimate of drug-likeness (QED) is 0.657. The molecule has 0 bridgehead atoms. The van der Waals surface area contributed by atoms with Crippen molar-refractivity contribution in [2.45, 2.75) is 45.4 Å². The highest BCUT2D eigenvalue weighted by Crippen LogP contribution is 2.37. The molecule has 6 nitrogen and oxygen atoms in total. The third-order valence-electron chi connectivity index (χ3n) is 5.35. The molecule has 130 valence electrons. The summed E-state index contributed by atoms with van der Waals surface area (Å²) in [7, 11) is 0. The van der Waals surface area contributed by atoms with Crippen LogP contribution in [0.3, 0.4) is 0 Å². The van der Waals surface area contributed by atoms with Gasteiger partial charge in [-0.1, -0.05) is 19.8 Å². The Hall–Kier alpha value is -2.11. The Balaban J connectivity index is 1.79. The first-order chi connectivity index (χ1) is 11.5. The van der Waals surface area contributed by atoms with Gasteiger partial charge in [-0.15, -0.1) is 0 Å². The first-order valence-corrected chi connectivity index (χ1v) is 8.80. The zero-order valence-corrected chi connectivity index (χ0v) is 14.2. The van der Waals surface area contributed by atoms with Crippen molar-refractivity contribution in [3.63, 3.8) is 0 Å². The van der Waals surface area contributed by atoms with Crippen molar-refractivity contribution >= 4 is 17.3 Å². The number of carbonyl (C=O) groups excluding carboxylic acids is 1. The van der Waals surface area contributed by atoms with Gasteiger partial charge in [0.1, 0.15) is 5.56 Å². The standard InChI is InChI=1S/C18H25N3O3/c1-18(8-2-3-9-18)13-19-14-6-7-16(21(23)24)15(12-14)17(22)20-10-4-5-11-20/h6-7,12,19H,2-5,8-11,13H2,1H3. The lowest BCUT2D eigenvalue weighted by atomic mass is 9.89. The van der Waals surface area contributed by atoms with E-state index in [0.717, 1.165) is 25.1 Å². The molecule has 2 fully saturated rings. The van der Waals surface area contributed by atoms with E-state index < -0.39 is 4.92 Å². The molecule has 1 saturated carbocycles. The maximum Gasteiger partial charge on any atom is 0.282 e. The van der Waals surface area contributed by atoms with Crippen LogP contribution in [0.25, 0.3) is 0 Å². The molecule has 0 unspecified atom stereocenters. The van der Waals surface area contributed by atoms with Gasteiger partial charge >= 0.3 is 0 Å². The number of nitro groups is 1. The van der Waals surface area contributed by atoms with Crippen molar-refractivity contribution in [1.82, 2.24) is 4.90 Å². The van der Waals surface area contributed by atoms with Crippen molar-refractivity contribution < 1.29 is 9.72 Å². The van der Waals surface area contributed by atoms with Gasteiger partial charge < -0.3 is 10.2 Å². The number of nitrogens with zero attached hydrogens (tertiary/aromatic N) is 2. The first kappa shape index (κ1) is 16.7. The number of nitrogens with one attached hydrogen (secondary N) is 1. The molecule has 1 N–H and O–H groups in total. The first-order valence-electron chi connectivity index (χ1n) is 8.80. The summed E-state index contributed by atoms with van der Waals surface area (Å²) in [5.41, 5.74) is 1.16. The molecule has 1 saturated heterocycles. The number of amides is 1. The minimum atomic E-state index is -0.467. The Bertz CT molecular complexity index is 632. The van der Waals surface area contributed by atoms with E-state index in [1.54, 1.807) is 17.0 Å². The molecule has 1 aromatic rings. The van der Waals surface area contributed by atoms with E-state index in [-0.39, 0.29) is 22.6 Å². The predicted molar refractivity (Wildman–Crippen MR) is 93.3 cm³/mol. The lowest BCUT2D eigenvalue weighted by Gasteiger charge is -2.24. The van der Waals surface area contributed by atoms with Crippen LogP contribution in [0.5, 0.6) is 0 Å². The average molecular weight is 331 g/mol. The Morgan fingerprint density at radius 2 is 1.92 bits per heavy atom. The van der Waals surface area contributed by atoms with Gasteiger partial charge in [0.2, 0.25) is 0 Å². The average Bonchev–Trinajstić information content (AvgIpc) is 3.24. The van der Waals surface area contributed by atoms with E-state index in [1.165, 1.54) is 31.7 Å². The van der Waals surface area contributed by atoms with Crippen molar-refractivity contribution in [2.24, 2.45) is 5.41 Å². The molecule has 6 heteroatoms. The molecule has 0 radical (unpaired) electrons. The van der Waals surface area contributed by atoms with E-state index in [9.17, 15) is 14.9 Å². The second-order valence-electron chi connectivity index (χ2n) is 7.36. The zero-order valence-electron chi connectivity index (χ0n) is 14.2. The Morgan fingerprint density at radius 1 is 1.25 bits per heavy atom. The van der Waals surface area contributed by atoms with E-state index in [0.29, 0.717) is 13.1 Å². The summed E-state index contributed by atoms with van der Waals surface area (Å²) < 4.78 is 0. The summed E-state index contributed by atoms with van der Waals surface area (Å²) in [5.74, 6) is -0.227. The van der Waals surface area contributed by atoms with E-state index in [4.69, 9.17) is 0 Å². The van der Waals surface area contributed by atoms with Crippen molar-refractivity contribution in [2.75, 3.05) is 25.0 Å². The highest BCUT2D eigenvalue weighted by Gasteiger charge is 2.29. The van der Waals surface area contributed by atoms with Gasteiger partial charge in [-0.25, -0.2) is 0 Å². The third-order valence-corrected chi connectivity index (χ3v) is 5.35. The maximum atomic E-state index is 12.6. The molecule has 1 heterocycles. The van der Waals surface area contributed by atoms with Crippen LogP contribution in [0.1, 0.15) is 55.8 Å². The number of carbonyl (C=O) groups is 1. The van der Waals surface area contributed by atoms with Crippen molar-refractivity contribution in [1.29, 1.82) is 0 Å². The van der Waals surface area contributed by atoms with Gasteiger partial charge in [-0.3, -0.25) is 14.9 Å². The molecule has 1 aliphatic heterocycles. The Labute approximate surface area is 142 Å². The van der Waals surface area contributed by atoms with E-state index in [1.807, 2.05) is 0 Å². The molecule has 2 aliphatic rings. The van der Waals surface area contributed by atoms with Crippen LogP contribution in [0.4, 0.5) is 11.4 Å². The smallest absolute Gasteiger partial charge is 0.282 e. The summed E-state index contributed by atoms with van der Waals surface area (Å²) in [4.78, 5) is 25.2. The molecular formula is C18H25N3O3. The van der Waals surface area contributed by atoms with E-state index >= 15 is 0 Å². The molecule has 0 aromatic heterocycles. The van der Waals surface area contributed by atoms with Gasteiger partial charge in [0, 0.05) is 31.4 Å². The minimum absolute atomic E-state index is 0.107. The number of likely N-dealkylation sites (tertiary alicyclic amines) is 1.